The summed E-state index contributed by atoms with van der Waals surface area (Å²) < 4.78 is 52.8. The van der Waals surface area contributed by atoms with Gasteiger partial charge < -0.3 is 5.11 Å². The zero-order chi connectivity index (χ0) is 14.0. The Balaban J connectivity index is 2.28. The predicted octanol–water partition coefficient (Wildman–Crippen LogP) is 3.52. The van der Waals surface area contributed by atoms with E-state index < -0.39 is 34.9 Å². The van der Waals surface area contributed by atoms with Crippen LogP contribution >= 0.6 is 0 Å². The number of halogens is 4. The molecule has 0 aliphatic rings. The van der Waals surface area contributed by atoms with Crippen molar-refractivity contribution >= 4 is 0 Å². The van der Waals surface area contributed by atoms with Crippen LogP contribution in [0, 0.1) is 23.3 Å². The van der Waals surface area contributed by atoms with Crippen molar-refractivity contribution in [3.05, 3.63) is 70.8 Å². The van der Waals surface area contributed by atoms with Gasteiger partial charge in [0, 0.05) is 12.5 Å². The van der Waals surface area contributed by atoms with E-state index in [1.807, 2.05) is 0 Å². The van der Waals surface area contributed by atoms with Gasteiger partial charge in [-0.1, -0.05) is 6.07 Å². The summed E-state index contributed by atoms with van der Waals surface area (Å²) in [5.74, 6) is -3.42. The van der Waals surface area contributed by atoms with Gasteiger partial charge in [0.15, 0.2) is 0 Å². The van der Waals surface area contributed by atoms with Crippen molar-refractivity contribution in [3.8, 4) is 0 Å². The van der Waals surface area contributed by atoms with E-state index in [4.69, 9.17) is 0 Å². The van der Waals surface area contributed by atoms with Gasteiger partial charge in [0.05, 0.1) is 11.7 Å². The number of aliphatic hydroxyl groups is 1. The monoisotopic (exact) mass is 270 g/mol. The smallest absolute Gasteiger partial charge is 0.131 e. The van der Waals surface area contributed by atoms with Crippen molar-refractivity contribution in [1.82, 2.24) is 0 Å². The Morgan fingerprint density at radius 1 is 0.895 bits per heavy atom. The van der Waals surface area contributed by atoms with E-state index in [0.717, 1.165) is 24.3 Å². The largest absolute Gasteiger partial charge is 0.388 e. The summed E-state index contributed by atoms with van der Waals surface area (Å²) in [6.07, 6.45) is -1.80. The minimum Gasteiger partial charge on any atom is -0.388 e. The van der Waals surface area contributed by atoms with E-state index >= 15 is 0 Å². The molecule has 2 aromatic carbocycles. The molecule has 0 aliphatic carbocycles. The minimum absolute atomic E-state index is 0.118. The number of aliphatic hydroxyl groups excluding tert-OH is 1. The van der Waals surface area contributed by atoms with Crippen molar-refractivity contribution in [2.45, 2.75) is 12.5 Å². The topological polar surface area (TPSA) is 20.2 Å². The van der Waals surface area contributed by atoms with Crippen molar-refractivity contribution < 1.29 is 22.7 Å². The van der Waals surface area contributed by atoms with Crippen molar-refractivity contribution in [3.63, 3.8) is 0 Å². The maximum Gasteiger partial charge on any atom is 0.131 e. The van der Waals surface area contributed by atoms with Crippen LogP contribution in [0.1, 0.15) is 17.2 Å². The summed E-state index contributed by atoms with van der Waals surface area (Å²) in [5.41, 5.74) is -0.389. The van der Waals surface area contributed by atoms with Crippen LogP contribution in [-0.2, 0) is 6.42 Å². The van der Waals surface area contributed by atoms with Crippen LogP contribution in [0.4, 0.5) is 17.6 Å². The highest BCUT2D eigenvalue weighted by molar-refractivity contribution is 5.25. The van der Waals surface area contributed by atoms with E-state index in [0.29, 0.717) is 6.07 Å². The Morgan fingerprint density at radius 2 is 1.42 bits per heavy atom. The lowest BCUT2D eigenvalue weighted by molar-refractivity contribution is 0.168. The fraction of sp³-hybridized carbons (Fsp3) is 0.143. The highest BCUT2D eigenvalue weighted by Gasteiger charge is 2.18. The fourth-order valence-corrected chi connectivity index (χ4v) is 1.88. The predicted molar refractivity (Wildman–Crippen MR) is 61.4 cm³/mol. The molecule has 2 rings (SSSR count). The van der Waals surface area contributed by atoms with Gasteiger partial charge in [-0.2, -0.15) is 0 Å². The second kappa shape index (κ2) is 5.40. The van der Waals surface area contributed by atoms with Gasteiger partial charge in [-0.3, -0.25) is 0 Å². The first-order valence-electron chi connectivity index (χ1n) is 5.54. The van der Waals surface area contributed by atoms with Crippen LogP contribution < -0.4 is 0 Å². The second-order valence-electron chi connectivity index (χ2n) is 4.13. The van der Waals surface area contributed by atoms with Crippen LogP contribution in [0.3, 0.4) is 0 Å². The van der Waals surface area contributed by atoms with Crippen molar-refractivity contribution in [2.75, 3.05) is 0 Å². The molecule has 0 amide bonds. The Morgan fingerprint density at radius 3 is 1.95 bits per heavy atom. The van der Waals surface area contributed by atoms with Gasteiger partial charge in [-0.25, -0.2) is 17.6 Å². The Hall–Kier alpha value is -1.88. The highest BCUT2D eigenvalue weighted by atomic mass is 19.1. The van der Waals surface area contributed by atoms with Gasteiger partial charge >= 0.3 is 0 Å². The zero-order valence-electron chi connectivity index (χ0n) is 9.71. The molecule has 0 saturated heterocycles. The average molecular weight is 270 g/mol. The maximum atomic E-state index is 13.4. The molecule has 1 unspecified atom stereocenters. The molecule has 0 heterocycles. The Kier molecular flexibility index (Phi) is 3.85. The quantitative estimate of drug-likeness (QED) is 0.846. The van der Waals surface area contributed by atoms with E-state index in [9.17, 15) is 22.7 Å². The molecule has 0 fully saturated rings. The van der Waals surface area contributed by atoms with E-state index in [-0.39, 0.29) is 12.0 Å². The van der Waals surface area contributed by atoms with Crippen molar-refractivity contribution in [1.29, 1.82) is 0 Å². The third-order valence-electron chi connectivity index (χ3n) is 2.68. The lowest BCUT2D eigenvalue weighted by Crippen LogP contribution is -2.07. The highest BCUT2D eigenvalue weighted by Crippen LogP contribution is 2.24. The Bertz CT molecular complexity index is 557. The first-order valence-corrected chi connectivity index (χ1v) is 5.54. The molecule has 1 N–H and O–H groups in total. The van der Waals surface area contributed by atoms with Crippen LogP contribution in [0.25, 0.3) is 0 Å². The normalized spacial score (nSPS) is 12.5. The van der Waals surface area contributed by atoms with E-state index in [2.05, 4.69) is 0 Å². The molecule has 100 valence electrons. The second-order valence-corrected chi connectivity index (χ2v) is 4.13. The molecule has 5 heteroatoms. The van der Waals surface area contributed by atoms with Crippen LogP contribution in [0.5, 0.6) is 0 Å². The average Bonchev–Trinajstić information content (AvgIpc) is 2.26. The molecule has 19 heavy (non-hydrogen) atoms. The van der Waals surface area contributed by atoms with Crippen LogP contribution in [0.15, 0.2) is 36.4 Å². The molecule has 0 aliphatic heterocycles. The Labute approximate surface area is 107 Å². The van der Waals surface area contributed by atoms with Gasteiger partial charge in [0.1, 0.15) is 23.3 Å². The summed E-state index contributed by atoms with van der Waals surface area (Å²) in [6.45, 7) is 0. The lowest BCUT2D eigenvalue weighted by atomic mass is 10.0. The molecule has 0 aromatic heterocycles. The lowest BCUT2D eigenvalue weighted by Gasteiger charge is -2.13. The van der Waals surface area contributed by atoms with Gasteiger partial charge in [0.25, 0.3) is 0 Å². The first kappa shape index (κ1) is 13.5. The van der Waals surface area contributed by atoms with Gasteiger partial charge in [-0.05, 0) is 29.8 Å². The van der Waals surface area contributed by atoms with Gasteiger partial charge in [0.2, 0.25) is 0 Å². The SMILES string of the molecule is OC(Cc1cc(F)cc(F)c1)c1c(F)cccc1F. The number of benzene rings is 2. The summed E-state index contributed by atoms with van der Waals surface area (Å²) in [4.78, 5) is 0. The molecule has 1 atom stereocenters. The number of rotatable bonds is 3. The zero-order valence-corrected chi connectivity index (χ0v) is 9.71. The molecule has 0 saturated carbocycles. The molecule has 1 nitrogen and oxygen atoms in total. The van der Waals surface area contributed by atoms with Crippen LogP contribution in [0.2, 0.25) is 0 Å². The number of hydrogen-bond donors (Lipinski definition) is 1. The van der Waals surface area contributed by atoms with Gasteiger partial charge in [-0.15, -0.1) is 0 Å². The summed E-state index contributed by atoms with van der Waals surface area (Å²) >= 11 is 0. The maximum absolute atomic E-state index is 13.4. The summed E-state index contributed by atoms with van der Waals surface area (Å²) in [7, 11) is 0. The molecule has 0 bridgehead atoms. The number of hydrogen-bond acceptors (Lipinski definition) is 1. The third-order valence-corrected chi connectivity index (χ3v) is 2.68. The molecule has 0 spiro atoms. The molecule has 0 radical (unpaired) electrons. The fourth-order valence-electron chi connectivity index (χ4n) is 1.88. The molecular formula is C14H10F4O. The summed E-state index contributed by atoms with van der Waals surface area (Å²) in [6, 6.07) is 5.87. The molecule has 2 aromatic rings. The van der Waals surface area contributed by atoms with E-state index in [1.165, 1.54) is 6.07 Å². The summed E-state index contributed by atoms with van der Waals surface area (Å²) in [5, 5.41) is 9.79. The van der Waals surface area contributed by atoms with Crippen LogP contribution in [-0.4, -0.2) is 5.11 Å². The third kappa shape index (κ3) is 3.12. The standard InChI is InChI=1S/C14H10F4O/c15-9-4-8(5-10(16)7-9)6-13(19)14-11(17)2-1-3-12(14)18/h1-5,7,13,19H,6H2. The minimum atomic E-state index is -1.51. The first-order chi connectivity index (χ1) is 8.97. The molecular weight excluding hydrogens is 260 g/mol. The van der Waals surface area contributed by atoms with E-state index in [1.54, 1.807) is 0 Å². The van der Waals surface area contributed by atoms with Crippen molar-refractivity contribution in [2.24, 2.45) is 0 Å².